The molecule has 1 atom stereocenters. The summed E-state index contributed by atoms with van der Waals surface area (Å²) in [6.07, 6.45) is 1.48. The van der Waals surface area contributed by atoms with Gasteiger partial charge >= 0.3 is 5.97 Å². The number of rotatable bonds is 2. The quantitative estimate of drug-likeness (QED) is 0.765. The Morgan fingerprint density at radius 3 is 2.84 bits per heavy atom. The Hall–Kier alpha value is -2.15. The third kappa shape index (κ3) is 2.65. The third-order valence-corrected chi connectivity index (χ3v) is 3.03. The van der Waals surface area contributed by atoms with Crippen LogP contribution in [-0.4, -0.2) is 52.3 Å². The molecule has 1 N–H and O–H groups in total. The number of ether oxygens (including phenoxy) is 1. The van der Waals surface area contributed by atoms with Crippen LogP contribution in [0.25, 0.3) is 0 Å². The lowest BCUT2D eigenvalue weighted by Crippen LogP contribution is -2.52. The van der Waals surface area contributed by atoms with Gasteiger partial charge in [-0.15, -0.1) is 0 Å². The first-order valence-electron chi connectivity index (χ1n) is 5.79. The van der Waals surface area contributed by atoms with Gasteiger partial charge in [0.05, 0.1) is 13.2 Å². The van der Waals surface area contributed by atoms with Crippen molar-refractivity contribution in [3.8, 4) is 0 Å². The number of carboxylic acids is 1. The Morgan fingerprint density at radius 2 is 2.21 bits per heavy atom. The molecule has 7 nitrogen and oxygen atoms in total. The lowest BCUT2D eigenvalue weighted by atomic mass is 10.1. The number of aryl methyl sites for hydroxylation is 1. The molecular formula is C12H14N2O5. The summed E-state index contributed by atoms with van der Waals surface area (Å²) in [6.45, 7) is 0.456. The zero-order valence-corrected chi connectivity index (χ0v) is 10.4. The van der Waals surface area contributed by atoms with Crippen LogP contribution in [0.15, 0.2) is 23.1 Å². The normalized spacial score (nSPS) is 19.2. The van der Waals surface area contributed by atoms with E-state index in [9.17, 15) is 14.4 Å². The Labute approximate surface area is 109 Å². The van der Waals surface area contributed by atoms with Gasteiger partial charge in [-0.3, -0.25) is 9.59 Å². The molecule has 1 fully saturated rings. The van der Waals surface area contributed by atoms with Crippen LogP contribution in [0.5, 0.6) is 0 Å². The van der Waals surface area contributed by atoms with Crippen molar-refractivity contribution in [1.82, 2.24) is 9.47 Å². The highest BCUT2D eigenvalue weighted by Crippen LogP contribution is 2.11. The molecule has 0 aromatic carbocycles. The van der Waals surface area contributed by atoms with E-state index in [-0.39, 0.29) is 24.3 Å². The minimum Gasteiger partial charge on any atom is -0.480 e. The highest BCUT2D eigenvalue weighted by Gasteiger charge is 2.33. The second-order valence-corrected chi connectivity index (χ2v) is 4.29. The van der Waals surface area contributed by atoms with E-state index < -0.39 is 17.9 Å². The Kier molecular flexibility index (Phi) is 3.66. The van der Waals surface area contributed by atoms with Crippen LogP contribution >= 0.6 is 0 Å². The van der Waals surface area contributed by atoms with Crippen LogP contribution in [0.3, 0.4) is 0 Å². The first-order chi connectivity index (χ1) is 9.00. The van der Waals surface area contributed by atoms with Crippen molar-refractivity contribution in [3.05, 3.63) is 34.2 Å². The maximum absolute atomic E-state index is 12.2. The van der Waals surface area contributed by atoms with Crippen molar-refractivity contribution >= 4 is 11.9 Å². The van der Waals surface area contributed by atoms with Crippen molar-refractivity contribution in [2.45, 2.75) is 6.04 Å². The molecule has 1 saturated heterocycles. The van der Waals surface area contributed by atoms with Crippen molar-refractivity contribution < 1.29 is 19.4 Å². The molecule has 1 aliphatic heterocycles. The summed E-state index contributed by atoms with van der Waals surface area (Å²) < 4.78 is 6.40. The maximum atomic E-state index is 12.2. The van der Waals surface area contributed by atoms with Gasteiger partial charge in [0.25, 0.3) is 11.5 Å². The van der Waals surface area contributed by atoms with Crippen LogP contribution in [-0.2, 0) is 16.6 Å². The Bertz CT molecular complexity index is 565. The summed E-state index contributed by atoms with van der Waals surface area (Å²) >= 11 is 0. The number of carbonyl (C=O) groups excluding carboxylic acids is 1. The standard InChI is InChI=1S/C12H14N2O5/c1-13-3-2-8(6-10(13)15)11(16)14-4-5-19-7-9(14)12(17)18/h2-3,6,9H,4-5,7H2,1H3,(H,17,18). The summed E-state index contributed by atoms with van der Waals surface area (Å²) in [4.78, 5) is 36.0. The molecule has 0 aliphatic carbocycles. The Balaban J connectivity index is 2.28. The van der Waals surface area contributed by atoms with Gasteiger partial charge in [-0.05, 0) is 6.07 Å². The number of amides is 1. The fraction of sp³-hybridized carbons (Fsp3) is 0.417. The number of carbonyl (C=O) groups is 2. The van der Waals surface area contributed by atoms with Crippen molar-refractivity contribution in [2.24, 2.45) is 7.05 Å². The minimum atomic E-state index is -1.11. The van der Waals surface area contributed by atoms with Crippen LogP contribution in [0, 0.1) is 0 Å². The predicted molar refractivity (Wildman–Crippen MR) is 65.0 cm³/mol. The summed E-state index contributed by atoms with van der Waals surface area (Å²) in [6, 6.07) is 1.69. The highest BCUT2D eigenvalue weighted by atomic mass is 16.5. The van der Waals surface area contributed by atoms with E-state index in [1.807, 2.05) is 0 Å². The minimum absolute atomic E-state index is 0.0358. The fourth-order valence-corrected chi connectivity index (χ4v) is 1.90. The van der Waals surface area contributed by atoms with E-state index in [0.717, 1.165) is 0 Å². The molecule has 0 spiro atoms. The van der Waals surface area contributed by atoms with Crippen molar-refractivity contribution in [2.75, 3.05) is 19.8 Å². The largest absolute Gasteiger partial charge is 0.480 e. The molecule has 2 heterocycles. The van der Waals surface area contributed by atoms with Crippen molar-refractivity contribution in [1.29, 1.82) is 0 Å². The summed E-state index contributed by atoms with van der Waals surface area (Å²) in [5, 5.41) is 9.06. The predicted octanol–water partition coefficient (Wildman–Crippen LogP) is -0.689. The average Bonchev–Trinajstić information content (AvgIpc) is 2.41. The number of carboxylic acid groups (broad SMARTS) is 1. The fourth-order valence-electron chi connectivity index (χ4n) is 1.90. The van der Waals surface area contributed by atoms with E-state index in [4.69, 9.17) is 9.84 Å². The molecule has 19 heavy (non-hydrogen) atoms. The van der Waals surface area contributed by atoms with E-state index in [0.29, 0.717) is 6.61 Å². The lowest BCUT2D eigenvalue weighted by Gasteiger charge is -2.32. The van der Waals surface area contributed by atoms with E-state index in [1.165, 1.54) is 27.8 Å². The molecule has 102 valence electrons. The van der Waals surface area contributed by atoms with Gasteiger partial charge in [-0.25, -0.2) is 4.79 Å². The van der Waals surface area contributed by atoms with Gasteiger partial charge in [0.2, 0.25) is 0 Å². The van der Waals surface area contributed by atoms with Gasteiger partial charge in [-0.1, -0.05) is 0 Å². The first-order valence-corrected chi connectivity index (χ1v) is 5.79. The number of hydrogen-bond donors (Lipinski definition) is 1. The molecule has 1 aromatic heterocycles. The van der Waals surface area contributed by atoms with E-state index >= 15 is 0 Å². The van der Waals surface area contributed by atoms with Crippen LogP contribution in [0.2, 0.25) is 0 Å². The van der Waals surface area contributed by atoms with Gasteiger partial charge in [0, 0.05) is 31.4 Å². The zero-order chi connectivity index (χ0) is 14.0. The SMILES string of the molecule is Cn1ccc(C(=O)N2CCOCC2C(=O)O)cc1=O. The number of nitrogens with zero attached hydrogens (tertiary/aromatic N) is 2. The number of hydrogen-bond acceptors (Lipinski definition) is 4. The number of aliphatic carboxylic acids is 1. The molecule has 7 heteroatoms. The zero-order valence-electron chi connectivity index (χ0n) is 10.4. The number of pyridine rings is 1. The number of aromatic nitrogens is 1. The molecule has 1 aliphatic rings. The second kappa shape index (κ2) is 5.23. The molecule has 2 rings (SSSR count). The van der Waals surface area contributed by atoms with Gasteiger partial charge in [0.15, 0.2) is 6.04 Å². The molecule has 1 amide bonds. The van der Waals surface area contributed by atoms with E-state index in [1.54, 1.807) is 7.05 Å². The molecule has 1 aromatic rings. The summed E-state index contributed by atoms with van der Waals surface area (Å²) in [5.74, 6) is -1.58. The van der Waals surface area contributed by atoms with Gasteiger partial charge < -0.3 is 19.3 Å². The van der Waals surface area contributed by atoms with Crippen LogP contribution in [0.1, 0.15) is 10.4 Å². The monoisotopic (exact) mass is 266 g/mol. The van der Waals surface area contributed by atoms with Gasteiger partial charge in [-0.2, -0.15) is 0 Å². The maximum Gasteiger partial charge on any atom is 0.328 e. The molecule has 0 bridgehead atoms. The summed E-state index contributed by atoms with van der Waals surface area (Å²) in [7, 11) is 1.57. The molecule has 1 unspecified atom stereocenters. The topological polar surface area (TPSA) is 88.8 Å². The van der Waals surface area contributed by atoms with Gasteiger partial charge in [0.1, 0.15) is 0 Å². The molecule has 0 radical (unpaired) electrons. The molecular weight excluding hydrogens is 252 g/mol. The van der Waals surface area contributed by atoms with Crippen LogP contribution in [0.4, 0.5) is 0 Å². The van der Waals surface area contributed by atoms with Crippen LogP contribution < -0.4 is 5.56 Å². The van der Waals surface area contributed by atoms with Crippen molar-refractivity contribution in [3.63, 3.8) is 0 Å². The highest BCUT2D eigenvalue weighted by molar-refractivity contribution is 5.96. The summed E-state index contributed by atoms with van der Waals surface area (Å²) in [5.41, 5.74) is -0.123. The average molecular weight is 266 g/mol. The lowest BCUT2D eigenvalue weighted by molar-refractivity contribution is -0.147. The third-order valence-electron chi connectivity index (χ3n) is 3.03. The van der Waals surface area contributed by atoms with E-state index in [2.05, 4.69) is 0 Å². The Morgan fingerprint density at radius 1 is 1.47 bits per heavy atom. The molecule has 0 saturated carbocycles. The first kappa shape index (κ1) is 13.3. The second-order valence-electron chi connectivity index (χ2n) is 4.29. The number of morpholine rings is 1. The smallest absolute Gasteiger partial charge is 0.328 e.